The van der Waals surface area contributed by atoms with E-state index in [1.54, 1.807) is 23.1 Å². The molecule has 0 saturated carbocycles. The highest BCUT2D eigenvalue weighted by Gasteiger charge is 2.33. The molecular weight excluding hydrogens is 352 g/mol. The highest BCUT2D eigenvalue weighted by molar-refractivity contribution is 6.03. The zero-order valence-electron chi connectivity index (χ0n) is 16.1. The van der Waals surface area contributed by atoms with E-state index in [1.165, 1.54) is 14.2 Å². The first-order chi connectivity index (χ1) is 12.8. The van der Waals surface area contributed by atoms with Gasteiger partial charge in [-0.2, -0.15) is 0 Å². The number of hydrogen-bond donors (Lipinski definition) is 1. The van der Waals surface area contributed by atoms with Crippen LogP contribution in [0, 0.1) is 6.92 Å². The number of carbonyl (C=O) groups is 3. The van der Waals surface area contributed by atoms with E-state index in [9.17, 15) is 14.4 Å². The Bertz CT molecular complexity index is 784. The Hall–Kier alpha value is -2.87. The summed E-state index contributed by atoms with van der Waals surface area (Å²) in [5, 5.41) is 2.83. The van der Waals surface area contributed by atoms with Crippen LogP contribution < -0.4 is 10.2 Å². The molecule has 0 aromatic heterocycles. The lowest BCUT2D eigenvalue weighted by Gasteiger charge is -2.32. The van der Waals surface area contributed by atoms with E-state index >= 15 is 0 Å². The first-order valence-electron chi connectivity index (χ1n) is 8.46. The van der Waals surface area contributed by atoms with Gasteiger partial charge in [0.2, 0.25) is 0 Å². The summed E-state index contributed by atoms with van der Waals surface area (Å²) in [6, 6.07) is 5.09. The highest BCUT2D eigenvalue weighted by atomic mass is 16.5. The first-order valence-corrected chi connectivity index (χ1v) is 8.46. The molecule has 0 fully saturated rings. The van der Waals surface area contributed by atoms with Crippen molar-refractivity contribution in [3.8, 4) is 0 Å². The lowest BCUT2D eigenvalue weighted by Crippen LogP contribution is -2.39. The lowest BCUT2D eigenvalue weighted by atomic mass is 10.1. The molecule has 2 rings (SSSR count). The molecule has 27 heavy (non-hydrogen) atoms. The van der Waals surface area contributed by atoms with Crippen LogP contribution in [0.2, 0.25) is 0 Å². The quantitative estimate of drug-likeness (QED) is 0.779. The molecule has 0 spiro atoms. The van der Waals surface area contributed by atoms with Gasteiger partial charge in [-0.25, -0.2) is 9.59 Å². The summed E-state index contributed by atoms with van der Waals surface area (Å²) < 4.78 is 15.1. The van der Waals surface area contributed by atoms with Crippen molar-refractivity contribution < 1.29 is 28.6 Å². The maximum atomic E-state index is 12.3. The van der Waals surface area contributed by atoms with E-state index in [4.69, 9.17) is 14.2 Å². The number of methoxy groups -OCH3 is 2. The van der Waals surface area contributed by atoms with E-state index in [-0.39, 0.29) is 36.6 Å². The smallest absolute Gasteiger partial charge is 0.355 e. The monoisotopic (exact) mass is 376 g/mol. The molecule has 8 nitrogen and oxygen atoms in total. The van der Waals surface area contributed by atoms with Crippen LogP contribution in [0.15, 0.2) is 29.5 Å². The summed E-state index contributed by atoms with van der Waals surface area (Å²) in [5.41, 5.74) is 2.01. The molecule has 1 heterocycles. The van der Waals surface area contributed by atoms with Crippen molar-refractivity contribution in [2.45, 2.75) is 26.8 Å². The largest absolute Gasteiger partial charge is 0.466 e. The number of amides is 1. The van der Waals surface area contributed by atoms with Crippen LogP contribution in [0.1, 0.15) is 29.8 Å². The molecule has 1 aliphatic heterocycles. The molecule has 0 atom stereocenters. The molecule has 0 unspecified atom stereocenters. The number of aryl methyl sites for hydroxylation is 1. The Morgan fingerprint density at radius 2 is 1.81 bits per heavy atom. The van der Waals surface area contributed by atoms with Crippen LogP contribution in [0.25, 0.3) is 0 Å². The van der Waals surface area contributed by atoms with Crippen LogP contribution >= 0.6 is 0 Å². The predicted molar refractivity (Wildman–Crippen MR) is 98.1 cm³/mol. The fourth-order valence-corrected chi connectivity index (χ4v) is 2.78. The maximum Gasteiger partial charge on any atom is 0.355 e. The van der Waals surface area contributed by atoms with Crippen LogP contribution in [0.4, 0.5) is 5.69 Å². The van der Waals surface area contributed by atoms with Gasteiger partial charge in [0.05, 0.1) is 26.4 Å². The molecular formula is C19H24N2O6. The molecule has 1 aliphatic rings. The minimum absolute atomic E-state index is 0.0180. The highest BCUT2D eigenvalue weighted by Crippen LogP contribution is 2.29. The van der Waals surface area contributed by atoms with Crippen LogP contribution in [0.3, 0.4) is 0 Å². The van der Waals surface area contributed by atoms with Gasteiger partial charge in [0.1, 0.15) is 12.4 Å². The van der Waals surface area contributed by atoms with Crippen LogP contribution in [0.5, 0.6) is 0 Å². The molecule has 0 radical (unpaired) electrons. The molecule has 0 saturated heterocycles. The normalized spacial score (nSPS) is 14.2. The molecule has 0 bridgehead atoms. The fourth-order valence-electron chi connectivity index (χ4n) is 2.78. The maximum absolute atomic E-state index is 12.3. The summed E-state index contributed by atoms with van der Waals surface area (Å²) >= 11 is 0. The number of nitrogens with zero attached hydrogens (tertiary/aromatic N) is 1. The minimum atomic E-state index is -0.667. The average Bonchev–Trinajstić information content (AvgIpc) is 2.65. The Morgan fingerprint density at radius 3 is 2.37 bits per heavy atom. The molecule has 1 N–H and O–H groups in total. The van der Waals surface area contributed by atoms with Crippen LogP contribution in [-0.4, -0.2) is 51.4 Å². The van der Waals surface area contributed by atoms with Crippen molar-refractivity contribution in [3.05, 3.63) is 40.6 Å². The van der Waals surface area contributed by atoms with Gasteiger partial charge in [-0.05, 0) is 44.5 Å². The van der Waals surface area contributed by atoms with Gasteiger partial charge in [0.15, 0.2) is 0 Å². The minimum Gasteiger partial charge on any atom is -0.466 e. The second-order valence-electron chi connectivity index (χ2n) is 6.35. The Balaban J connectivity index is 2.47. The summed E-state index contributed by atoms with van der Waals surface area (Å²) in [7, 11) is 2.47. The van der Waals surface area contributed by atoms with E-state index in [0.29, 0.717) is 11.3 Å². The number of esters is 2. The second-order valence-corrected chi connectivity index (χ2v) is 6.35. The van der Waals surface area contributed by atoms with Crippen molar-refractivity contribution in [2.24, 2.45) is 0 Å². The van der Waals surface area contributed by atoms with Crippen molar-refractivity contribution in [2.75, 3.05) is 32.5 Å². The van der Waals surface area contributed by atoms with Gasteiger partial charge in [-0.1, -0.05) is 0 Å². The third-order valence-corrected chi connectivity index (χ3v) is 4.00. The molecule has 8 heteroatoms. The zero-order chi connectivity index (χ0) is 20.1. The number of nitrogens with one attached hydrogen (secondary N) is 1. The number of ether oxygens (including phenoxy) is 3. The van der Waals surface area contributed by atoms with Crippen molar-refractivity contribution in [1.29, 1.82) is 0 Å². The Morgan fingerprint density at radius 1 is 1.15 bits per heavy atom. The molecule has 1 aromatic carbocycles. The predicted octanol–water partition coefficient (Wildman–Crippen LogP) is 1.53. The van der Waals surface area contributed by atoms with E-state index in [2.05, 4.69) is 5.32 Å². The number of rotatable bonds is 5. The van der Waals surface area contributed by atoms with Crippen molar-refractivity contribution in [1.82, 2.24) is 5.32 Å². The van der Waals surface area contributed by atoms with Crippen molar-refractivity contribution in [3.63, 3.8) is 0 Å². The van der Waals surface area contributed by atoms with E-state index in [1.807, 2.05) is 20.8 Å². The number of anilines is 1. The summed E-state index contributed by atoms with van der Waals surface area (Å²) in [5.74, 6) is -1.51. The fraction of sp³-hybridized carbons (Fsp3) is 0.421. The third-order valence-electron chi connectivity index (χ3n) is 4.00. The SMILES string of the molecule is COC(=O)C1=C(C(=O)OC)N(c2ccc(C(=O)NC(C)C)cc2C)COC1. The molecule has 1 aromatic rings. The van der Waals surface area contributed by atoms with Gasteiger partial charge in [-0.3, -0.25) is 4.79 Å². The van der Waals surface area contributed by atoms with Crippen molar-refractivity contribution >= 4 is 23.5 Å². The summed E-state index contributed by atoms with van der Waals surface area (Å²) in [6.45, 7) is 5.57. The summed E-state index contributed by atoms with van der Waals surface area (Å²) in [6.07, 6.45) is 0. The second kappa shape index (κ2) is 8.68. The standard InChI is InChI=1S/C19H24N2O6/c1-11(2)20-17(22)13-6-7-15(12(3)8-13)21-10-27-9-14(18(23)25-4)16(21)19(24)26-5/h6-8,11H,9-10H2,1-5H3,(H,20,22). The Kier molecular flexibility index (Phi) is 6.57. The zero-order valence-corrected chi connectivity index (χ0v) is 16.1. The number of hydrogen-bond acceptors (Lipinski definition) is 7. The molecule has 146 valence electrons. The van der Waals surface area contributed by atoms with Gasteiger partial charge < -0.3 is 24.4 Å². The molecule has 0 aliphatic carbocycles. The van der Waals surface area contributed by atoms with Gasteiger partial charge in [0, 0.05) is 17.3 Å². The first kappa shape index (κ1) is 20.4. The topological polar surface area (TPSA) is 94.2 Å². The third kappa shape index (κ3) is 4.46. The van der Waals surface area contributed by atoms with Gasteiger partial charge in [0.25, 0.3) is 5.91 Å². The lowest BCUT2D eigenvalue weighted by molar-refractivity contribution is -0.140. The molecule has 1 amide bonds. The van der Waals surface area contributed by atoms with Crippen LogP contribution in [-0.2, 0) is 23.8 Å². The van der Waals surface area contributed by atoms with E-state index in [0.717, 1.165) is 5.56 Å². The van der Waals surface area contributed by atoms with Gasteiger partial charge >= 0.3 is 11.9 Å². The van der Waals surface area contributed by atoms with E-state index < -0.39 is 11.9 Å². The number of benzene rings is 1. The summed E-state index contributed by atoms with van der Waals surface area (Å²) in [4.78, 5) is 38.1. The average molecular weight is 376 g/mol. The number of carbonyl (C=O) groups excluding carboxylic acids is 3. The van der Waals surface area contributed by atoms with Gasteiger partial charge in [-0.15, -0.1) is 0 Å². The Labute approximate surface area is 158 Å².